The average Bonchev–Trinajstić information content (AvgIpc) is 3.36. The first-order valence-corrected chi connectivity index (χ1v) is 9.98. The van der Waals surface area contributed by atoms with Crippen molar-refractivity contribution in [2.45, 2.75) is 25.9 Å². The van der Waals surface area contributed by atoms with Crippen LogP contribution in [0.15, 0.2) is 30.2 Å². The number of rotatable bonds is 6. The molecule has 144 valence electrons. The molecule has 1 atom stereocenters. The fraction of sp³-hybridized carbons (Fsp3) is 0.474. The zero-order valence-electron chi connectivity index (χ0n) is 15.2. The minimum atomic E-state index is -0.262. The molecular weight excluding hydrogens is 368 g/mol. The summed E-state index contributed by atoms with van der Waals surface area (Å²) in [7, 11) is 0. The van der Waals surface area contributed by atoms with Crippen LogP contribution in [0.1, 0.15) is 19.8 Å². The van der Waals surface area contributed by atoms with E-state index in [2.05, 4.69) is 0 Å². The van der Waals surface area contributed by atoms with E-state index in [1.54, 1.807) is 4.90 Å². The van der Waals surface area contributed by atoms with Crippen molar-refractivity contribution in [2.24, 2.45) is 0 Å². The van der Waals surface area contributed by atoms with E-state index in [0.29, 0.717) is 31.5 Å². The number of carbonyl (C=O) groups excluding carboxylic acids is 1. The van der Waals surface area contributed by atoms with E-state index in [9.17, 15) is 4.79 Å². The van der Waals surface area contributed by atoms with Crippen LogP contribution < -0.4 is 9.64 Å². The monoisotopic (exact) mass is 390 g/mol. The molecule has 1 aromatic carbocycles. The third-order valence-electron chi connectivity index (χ3n) is 4.42. The minimum Gasteiger partial charge on any atom is -0.494 e. The first-order valence-electron chi connectivity index (χ1n) is 9.16. The molecule has 3 heterocycles. The van der Waals surface area contributed by atoms with E-state index in [-0.39, 0.29) is 17.8 Å². The summed E-state index contributed by atoms with van der Waals surface area (Å²) in [6.45, 7) is 4.46. The molecule has 0 saturated carbocycles. The molecule has 2 aromatic rings. The number of carbonyl (C=O) groups is 1. The third kappa shape index (κ3) is 3.86. The lowest BCUT2D eigenvalue weighted by Gasteiger charge is -2.25. The van der Waals surface area contributed by atoms with Gasteiger partial charge in [-0.2, -0.15) is 0 Å². The molecule has 0 spiro atoms. The van der Waals surface area contributed by atoms with Crippen molar-refractivity contribution in [2.75, 3.05) is 37.9 Å². The van der Waals surface area contributed by atoms with E-state index in [1.807, 2.05) is 25.1 Å². The van der Waals surface area contributed by atoms with Crippen molar-refractivity contribution >= 4 is 32.6 Å². The molecule has 0 aliphatic carbocycles. The summed E-state index contributed by atoms with van der Waals surface area (Å²) in [5.74, 6) is 0.657. The molecule has 7 nitrogen and oxygen atoms in total. The van der Waals surface area contributed by atoms with Crippen molar-refractivity contribution in [1.82, 2.24) is 4.98 Å². The number of thiazole rings is 1. The van der Waals surface area contributed by atoms with E-state index in [1.165, 1.54) is 17.6 Å². The largest absolute Gasteiger partial charge is 0.494 e. The summed E-state index contributed by atoms with van der Waals surface area (Å²) in [6.07, 6.45) is 3.31. The molecule has 8 heteroatoms. The van der Waals surface area contributed by atoms with Crippen LogP contribution in [0.5, 0.6) is 5.75 Å². The highest BCUT2D eigenvalue weighted by molar-refractivity contribution is 7.22. The number of benzene rings is 1. The van der Waals surface area contributed by atoms with Crippen LogP contribution in [0.3, 0.4) is 0 Å². The Balaban J connectivity index is 1.68. The Morgan fingerprint density at radius 2 is 2.30 bits per heavy atom. The standard InChI is InChI=1S/C19H22N2O5S/c1-2-24-14-6-3-7-16-17(14)20-19(27-16)21(11-13-5-4-8-25-13)18(22)15-12-23-9-10-26-15/h3,6-7,12-13H,2,4-5,8-11H2,1H3. The summed E-state index contributed by atoms with van der Waals surface area (Å²) in [5, 5.41) is 0.604. The molecule has 0 radical (unpaired) electrons. The number of aromatic nitrogens is 1. The zero-order valence-corrected chi connectivity index (χ0v) is 16.0. The maximum absolute atomic E-state index is 13.1. The Hall–Kier alpha value is -2.32. The van der Waals surface area contributed by atoms with Gasteiger partial charge >= 0.3 is 0 Å². The first kappa shape index (κ1) is 18.1. The van der Waals surface area contributed by atoms with Crippen LogP contribution in [0, 0.1) is 0 Å². The van der Waals surface area contributed by atoms with Gasteiger partial charge in [-0.25, -0.2) is 4.98 Å². The highest BCUT2D eigenvalue weighted by Gasteiger charge is 2.30. The second kappa shape index (κ2) is 8.14. The number of anilines is 1. The fourth-order valence-electron chi connectivity index (χ4n) is 3.15. The topological polar surface area (TPSA) is 70.1 Å². The molecule has 1 saturated heterocycles. The van der Waals surface area contributed by atoms with Crippen LogP contribution >= 0.6 is 11.3 Å². The second-order valence-corrected chi connectivity index (χ2v) is 7.29. The van der Waals surface area contributed by atoms with Gasteiger partial charge in [0, 0.05) is 6.61 Å². The zero-order chi connectivity index (χ0) is 18.6. The Kier molecular flexibility index (Phi) is 5.45. The second-order valence-electron chi connectivity index (χ2n) is 6.28. The van der Waals surface area contributed by atoms with Gasteiger partial charge in [0.15, 0.2) is 5.13 Å². The molecule has 2 aliphatic rings. The molecule has 0 N–H and O–H groups in total. The van der Waals surface area contributed by atoms with Gasteiger partial charge in [-0.1, -0.05) is 17.4 Å². The third-order valence-corrected chi connectivity index (χ3v) is 5.46. The SMILES string of the molecule is CCOc1cccc2sc(N(CC3CCCO3)C(=O)C3=COCCO3)nc12. The average molecular weight is 390 g/mol. The lowest BCUT2D eigenvalue weighted by atomic mass is 10.2. The highest BCUT2D eigenvalue weighted by Crippen LogP contribution is 2.35. The van der Waals surface area contributed by atoms with Gasteiger partial charge in [0.05, 0.1) is 24.0 Å². The predicted molar refractivity (Wildman–Crippen MR) is 102 cm³/mol. The van der Waals surface area contributed by atoms with E-state index >= 15 is 0 Å². The van der Waals surface area contributed by atoms with Crippen LogP contribution in [0.2, 0.25) is 0 Å². The van der Waals surface area contributed by atoms with Gasteiger partial charge in [-0.3, -0.25) is 9.69 Å². The molecular formula is C19H22N2O5S. The number of amides is 1. The predicted octanol–water partition coefficient (Wildman–Crippen LogP) is 3.10. The summed E-state index contributed by atoms with van der Waals surface area (Å²) in [4.78, 5) is 19.5. The van der Waals surface area contributed by atoms with E-state index < -0.39 is 0 Å². The van der Waals surface area contributed by atoms with Crippen molar-refractivity contribution in [3.05, 3.63) is 30.2 Å². The Morgan fingerprint density at radius 1 is 1.37 bits per heavy atom. The Labute approximate surface area is 161 Å². The molecule has 27 heavy (non-hydrogen) atoms. The quantitative estimate of drug-likeness (QED) is 0.755. The van der Waals surface area contributed by atoms with E-state index in [0.717, 1.165) is 35.4 Å². The smallest absolute Gasteiger partial charge is 0.298 e. The van der Waals surface area contributed by atoms with Crippen molar-refractivity contribution in [3.63, 3.8) is 0 Å². The van der Waals surface area contributed by atoms with Crippen molar-refractivity contribution in [3.8, 4) is 5.75 Å². The number of ether oxygens (including phenoxy) is 4. The van der Waals surface area contributed by atoms with Gasteiger partial charge in [0.25, 0.3) is 5.91 Å². The van der Waals surface area contributed by atoms with Crippen LogP contribution in [-0.2, 0) is 19.0 Å². The summed E-state index contributed by atoms with van der Waals surface area (Å²) in [5.41, 5.74) is 0.763. The Bertz CT molecular complexity index is 844. The molecule has 1 unspecified atom stereocenters. The summed E-state index contributed by atoms with van der Waals surface area (Å²) in [6, 6.07) is 5.80. The molecule has 4 rings (SSSR count). The lowest BCUT2D eigenvalue weighted by Crippen LogP contribution is -2.39. The van der Waals surface area contributed by atoms with Crippen LogP contribution in [0.4, 0.5) is 5.13 Å². The number of hydrogen-bond donors (Lipinski definition) is 0. The molecule has 2 aliphatic heterocycles. The maximum Gasteiger partial charge on any atom is 0.298 e. The van der Waals surface area contributed by atoms with Crippen molar-refractivity contribution in [1.29, 1.82) is 0 Å². The van der Waals surface area contributed by atoms with Crippen LogP contribution in [-0.4, -0.2) is 50.0 Å². The van der Waals surface area contributed by atoms with E-state index in [4.69, 9.17) is 23.9 Å². The molecule has 1 aromatic heterocycles. The normalized spacial score (nSPS) is 19.3. The minimum absolute atomic E-state index is 0.00238. The molecule has 1 fully saturated rings. The van der Waals surface area contributed by atoms with Crippen LogP contribution in [0.25, 0.3) is 10.2 Å². The lowest BCUT2D eigenvalue weighted by molar-refractivity contribution is -0.120. The summed E-state index contributed by atoms with van der Waals surface area (Å²) >= 11 is 1.46. The van der Waals surface area contributed by atoms with Gasteiger partial charge in [-0.15, -0.1) is 0 Å². The van der Waals surface area contributed by atoms with Gasteiger partial charge in [0.2, 0.25) is 5.76 Å². The number of hydrogen-bond acceptors (Lipinski definition) is 7. The summed E-state index contributed by atoms with van der Waals surface area (Å²) < 4.78 is 23.2. The van der Waals surface area contributed by atoms with Gasteiger partial charge in [0.1, 0.15) is 30.7 Å². The first-order chi connectivity index (χ1) is 13.3. The van der Waals surface area contributed by atoms with Gasteiger partial charge < -0.3 is 18.9 Å². The fourth-order valence-corrected chi connectivity index (χ4v) is 4.14. The maximum atomic E-state index is 13.1. The molecule has 1 amide bonds. The number of fused-ring (bicyclic) bond motifs is 1. The molecule has 0 bridgehead atoms. The number of para-hydroxylation sites is 1. The van der Waals surface area contributed by atoms with Crippen molar-refractivity contribution < 1.29 is 23.7 Å². The number of nitrogens with zero attached hydrogens (tertiary/aromatic N) is 2. The Morgan fingerprint density at radius 3 is 3.04 bits per heavy atom. The van der Waals surface area contributed by atoms with Gasteiger partial charge in [-0.05, 0) is 31.9 Å². The highest BCUT2D eigenvalue weighted by atomic mass is 32.1.